The summed E-state index contributed by atoms with van der Waals surface area (Å²) in [4.78, 5) is 24.4. The second-order valence-electron chi connectivity index (χ2n) is 7.04. The Morgan fingerprint density at radius 1 is 0.815 bits per heavy atom. The highest BCUT2D eigenvalue weighted by Gasteiger charge is 2.18. The van der Waals surface area contributed by atoms with Gasteiger partial charge in [0.05, 0.1) is 17.7 Å². The van der Waals surface area contributed by atoms with Crippen molar-refractivity contribution < 1.29 is 19.1 Å². The van der Waals surface area contributed by atoms with Crippen LogP contribution in [0.25, 0.3) is 0 Å². The van der Waals surface area contributed by atoms with Crippen LogP contribution in [0.2, 0.25) is 0 Å². The van der Waals surface area contributed by atoms with Gasteiger partial charge in [-0.15, -0.1) is 0 Å². The van der Waals surface area contributed by atoms with Crippen LogP contribution in [0.5, 0.6) is 0 Å². The van der Waals surface area contributed by atoms with Gasteiger partial charge >= 0.3 is 11.9 Å². The highest BCUT2D eigenvalue weighted by Crippen LogP contribution is 2.14. The second-order valence-corrected chi connectivity index (χ2v) is 7.04. The fourth-order valence-electron chi connectivity index (χ4n) is 2.76. The second kappa shape index (κ2) is 14.0. The number of hydrogen-bond donors (Lipinski definition) is 0. The van der Waals surface area contributed by atoms with Gasteiger partial charge in [-0.05, 0) is 31.1 Å². The van der Waals surface area contributed by atoms with Crippen molar-refractivity contribution >= 4 is 11.9 Å². The van der Waals surface area contributed by atoms with E-state index in [-0.39, 0.29) is 17.7 Å². The van der Waals surface area contributed by atoms with Gasteiger partial charge in [0.1, 0.15) is 6.61 Å². The van der Waals surface area contributed by atoms with Gasteiger partial charge in [0, 0.05) is 0 Å². The molecule has 4 heteroatoms. The van der Waals surface area contributed by atoms with Crippen LogP contribution < -0.4 is 0 Å². The summed E-state index contributed by atoms with van der Waals surface area (Å²) in [7, 11) is 0. The van der Waals surface area contributed by atoms with Crippen LogP contribution in [-0.4, -0.2) is 25.2 Å². The molecule has 1 aromatic rings. The topological polar surface area (TPSA) is 52.6 Å². The molecule has 0 radical (unpaired) electrons. The molecule has 4 nitrogen and oxygen atoms in total. The average Bonchev–Trinajstić information content (AvgIpc) is 2.67. The average molecular weight is 375 g/mol. The molecular weight excluding hydrogens is 340 g/mol. The lowest BCUT2D eigenvalue weighted by Gasteiger charge is -2.10. The van der Waals surface area contributed by atoms with Crippen molar-refractivity contribution in [1.29, 1.82) is 0 Å². The van der Waals surface area contributed by atoms with Crippen molar-refractivity contribution in [2.24, 2.45) is 0 Å². The van der Waals surface area contributed by atoms with Crippen molar-refractivity contribution in [2.75, 3.05) is 13.2 Å². The Bertz CT molecular complexity index is 592. The normalized spacial score (nSPS) is 10.4. The van der Waals surface area contributed by atoms with Gasteiger partial charge in [0.15, 0.2) is 0 Å². The maximum Gasteiger partial charge on any atom is 0.339 e. The van der Waals surface area contributed by atoms with Crippen LogP contribution in [0.15, 0.2) is 36.4 Å². The van der Waals surface area contributed by atoms with Crippen molar-refractivity contribution in [3.05, 3.63) is 47.5 Å². The molecule has 150 valence electrons. The zero-order valence-electron chi connectivity index (χ0n) is 16.9. The lowest BCUT2D eigenvalue weighted by molar-refractivity contribution is 0.0467. The van der Waals surface area contributed by atoms with Crippen LogP contribution in [0, 0.1) is 0 Å². The number of rotatable bonds is 14. The minimum Gasteiger partial charge on any atom is -0.462 e. The van der Waals surface area contributed by atoms with Gasteiger partial charge in [-0.25, -0.2) is 9.59 Å². The van der Waals surface area contributed by atoms with E-state index in [2.05, 4.69) is 13.5 Å². The SMILES string of the molecule is C=C(C)COC(=O)c1ccccc1C(=O)OCCCCCCCCCCC. The predicted octanol–water partition coefficient (Wildman–Crippen LogP) is 6.11. The number of carbonyl (C=O) groups excluding carboxylic acids is 2. The van der Waals surface area contributed by atoms with Gasteiger partial charge in [0.25, 0.3) is 0 Å². The molecule has 0 aliphatic carbocycles. The molecule has 0 spiro atoms. The van der Waals surface area contributed by atoms with Crippen LogP contribution >= 0.6 is 0 Å². The summed E-state index contributed by atoms with van der Waals surface area (Å²) in [6.45, 7) is 8.22. The molecule has 0 aromatic heterocycles. The van der Waals surface area contributed by atoms with E-state index in [1.807, 2.05) is 0 Å². The first-order valence-corrected chi connectivity index (χ1v) is 10.1. The Labute approximate surface area is 163 Å². The molecule has 1 aromatic carbocycles. The summed E-state index contributed by atoms with van der Waals surface area (Å²) in [6.07, 6.45) is 10.9. The molecule has 0 unspecified atom stereocenters. The maximum atomic E-state index is 12.3. The molecule has 0 atom stereocenters. The van der Waals surface area contributed by atoms with Crippen LogP contribution in [-0.2, 0) is 9.47 Å². The summed E-state index contributed by atoms with van der Waals surface area (Å²) in [5, 5.41) is 0. The van der Waals surface area contributed by atoms with Crippen LogP contribution in [0.3, 0.4) is 0 Å². The molecule has 0 aliphatic rings. The number of esters is 2. The van der Waals surface area contributed by atoms with Crippen molar-refractivity contribution in [3.8, 4) is 0 Å². The molecular formula is C23H34O4. The molecule has 0 bridgehead atoms. The van der Waals surface area contributed by atoms with Gasteiger partial charge in [-0.2, -0.15) is 0 Å². The third kappa shape index (κ3) is 9.97. The predicted molar refractivity (Wildman–Crippen MR) is 109 cm³/mol. The van der Waals surface area contributed by atoms with Gasteiger partial charge in [-0.3, -0.25) is 0 Å². The van der Waals surface area contributed by atoms with Crippen LogP contribution in [0.1, 0.15) is 92.4 Å². The summed E-state index contributed by atoms with van der Waals surface area (Å²) in [5.74, 6) is -1.01. The van der Waals surface area contributed by atoms with Crippen molar-refractivity contribution in [3.63, 3.8) is 0 Å². The highest BCUT2D eigenvalue weighted by atomic mass is 16.5. The Morgan fingerprint density at radius 3 is 1.81 bits per heavy atom. The van der Waals surface area contributed by atoms with E-state index in [4.69, 9.17) is 9.47 Å². The lowest BCUT2D eigenvalue weighted by atomic mass is 10.1. The zero-order chi connectivity index (χ0) is 19.9. The molecule has 0 aliphatic heterocycles. The lowest BCUT2D eigenvalue weighted by Crippen LogP contribution is -2.15. The summed E-state index contributed by atoms with van der Waals surface area (Å²) in [5.41, 5.74) is 1.23. The summed E-state index contributed by atoms with van der Waals surface area (Å²) < 4.78 is 10.5. The number of unbranched alkanes of at least 4 members (excludes halogenated alkanes) is 8. The Balaban J connectivity index is 2.30. The minimum atomic E-state index is -0.534. The fraction of sp³-hybridized carbons (Fsp3) is 0.565. The first kappa shape index (κ1) is 22.9. The zero-order valence-corrected chi connectivity index (χ0v) is 16.9. The fourth-order valence-corrected chi connectivity index (χ4v) is 2.76. The van der Waals surface area contributed by atoms with Crippen molar-refractivity contribution in [1.82, 2.24) is 0 Å². The first-order chi connectivity index (χ1) is 13.1. The summed E-state index contributed by atoms with van der Waals surface area (Å²) in [6, 6.07) is 6.59. The van der Waals surface area contributed by atoms with Crippen LogP contribution in [0.4, 0.5) is 0 Å². The quantitative estimate of drug-likeness (QED) is 0.224. The van der Waals surface area contributed by atoms with E-state index in [0.717, 1.165) is 18.4 Å². The Morgan fingerprint density at radius 2 is 1.30 bits per heavy atom. The third-order valence-electron chi connectivity index (χ3n) is 4.30. The van der Waals surface area contributed by atoms with Crippen molar-refractivity contribution in [2.45, 2.75) is 71.6 Å². The molecule has 1 rings (SSSR count). The molecule has 0 N–H and O–H groups in total. The van der Waals surface area contributed by atoms with E-state index < -0.39 is 11.9 Å². The van der Waals surface area contributed by atoms with Gasteiger partial charge in [0.2, 0.25) is 0 Å². The standard InChI is InChI=1S/C23H34O4/c1-4-5-6-7-8-9-10-11-14-17-26-22(24)20-15-12-13-16-21(20)23(25)27-18-19(2)3/h12-13,15-16H,2,4-11,14,17-18H2,1,3H3. The van der Waals surface area contributed by atoms with E-state index >= 15 is 0 Å². The number of benzene rings is 1. The number of carbonyl (C=O) groups is 2. The largest absolute Gasteiger partial charge is 0.462 e. The molecule has 0 amide bonds. The smallest absolute Gasteiger partial charge is 0.339 e. The maximum absolute atomic E-state index is 12.3. The van der Waals surface area contributed by atoms with E-state index in [1.165, 1.54) is 44.9 Å². The first-order valence-electron chi connectivity index (χ1n) is 10.1. The molecule has 0 heterocycles. The van der Waals surface area contributed by atoms with Gasteiger partial charge in [-0.1, -0.05) is 77.0 Å². The molecule has 0 saturated carbocycles. The molecule has 27 heavy (non-hydrogen) atoms. The highest BCUT2D eigenvalue weighted by molar-refractivity contribution is 6.03. The number of hydrogen-bond acceptors (Lipinski definition) is 4. The van der Waals surface area contributed by atoms with E-state index in [1.54, 1.807) is 31.2 Å². The Hall–Kier alpha value is -2.10. The number of ether oxygens (including phenoxy) is 2. The monoisotopic (exact) mass is 374 g/mol. The Kier molecular flexibility index (Phi) is 11.9. The summed E-state index contributed by atoms with van der Waals surface area (Å²) >= 11 is 0. The minimum absolute atomic E-state index is 0.140. The molecule has 0 saturated heterocycles. The molecule has 0 fully saturated rings. The van der Waals surface area contributed by atoms with E-state index in [0.29, 0.717) is 6.61 Å². The van der Waals surface area contributed by atoms with Gasteiger partial charge < -0.3 is 9.47 Å². The third-order valence-corrected chi connectivity index (χ3v) is 4.30. The van der Waals surface area contributed by atoms with E-state index in [9.17, 15) is 9.59 Å².